The van der Waals surface area contributed by atoms with Gasteiger partial charge < -0.3 is 5.32 Å². The van der Waals surface area contributed by atoms with Crippen LogP contribution in [0.5, 0.6) is 0 Å². The Balaban J connectivity index is 1.42. The van der Waals surface area contributed by atoms with Gasteiger partial charge in [-0.1, -0.05) is 18.9 Å². The maximum Gasteiger partial charge on any atom is 0.165 e. The largest absolute Gasteiger partial charge is 0.363 e. The summed E-state index contributed by atoms with van der Waals surface area (Å²) in [4.78, 5) is 4.75. The maximum atomic E-state index is 14.0. The number of halogens is 1. The second-order valence-corrected chi connectivity index (χ2v) is 7.82. The molecule has 0 spiro atoms. The lowest BCUT2D eigenvalue weighted by molar-refractivity contribution is 0.620. The Bertz CT molecular complexity index is 1130. The first-order valence-corrected chi connectivity index (χ1v) is 10.1. The summed E-state index contributed by atoms with van der Waals surface area (Å²) in [6.07, 6.45) is 12.1. The average Bonchev–Trinajstić information content (AvgIpc) is 3.21. The molecule has 0 amide bonds. The molecule has 148 valence electrons. The summed E-state index contributed by atoms with van der Waals surface area (Å²) in [5, 5.41) is 14.6. The first kappa shape index (κ1) is 17.8. The molecule has 1 atom stereocenters. The number of fused-ring (bicyclic) bond motifs is 1. The lowest BCUT2D eigenvalue weighted by Gasteiger charge is -2.19. The molecule has 0 aliphatic heterocycles. The van der Waals surface area contributed by atoms with Gasteiger partial charge in [0, 0.05) is 23.5 Å². The van der Waals surface area contributed by atoms with Crippen LogP contribution < -0.4 is 5.32 Å². The van der Waals surface area contributed by atoms with E-state index >= 15 is 0 Å². The van der Waals surface area contributed by atoms with Gasteiger partial charge in [-0.2, -0.15) is 10.2 Å². The second kappa shape index (κ2) is 7.31. The number of nitrogens with one attached hydrogen (secondary N) is 2. The van der Waals surface area contributed by atoms with E-state index < -0.39 is 0 Å². The van der Waals surface area contributed by atoms with Crippen LogP contribution in [0.15, 0.2) is 49.1 Å². The van der Waals surface area contributed by atoms with Gasteiger partial charge in [-0.05, 0) is 55.0 Å². The zero-order valence-electron chi connectivity index (χ0n) is 16.3. The van der Waals surface area contributed by atoms with E-state index in [-0.39, 0.29) is 11.9 Å². The molecule has 3 aromatic heterocycles. The lowest BCUT2D eigenvalue weighted by Crippen LogP contribution is -2.11. The quantitative estimate of drug-likeness (QED) is 0.477. The molecule has 1 aromatic carbocycles. The molecule has 1 fully saturated rings. The highest BCUT2D eigenvalue weighted by atomic mass is 19.1. The van der Waals surface area contributed by atoms with Crippen molar-refractivity contribution in [3.8, 4) is 11.1 Å². The molecule has 29 heavy (non-hydrogen) atoms. The molecule has 5 rings (SSSR count). The Kier molecular flexibility index (Phi) is 4.50. The van der Waals surface area contributed by atoms with E-state index in [0.29, 0.717) is 0 Å². The number of aryl methyl sites for hydroxylation is 1. The summed E-state index contributed by atoms with van der Waals surface area (Å²) < 4.78 is 15.7. The standard InChI is InChI=1S/C22H23FN6/c1-14(19-10-18(23)7-6-16(19)5-4-15-2-3-15)27-21-8-9-29-22(28-21)20(13-26-29)17-11-24-25-12-17/h6-15H,2-5H2,1H3,(H,24,25)(H,27,28). The topological polar surface area (TPSA) is 70.9 Å². The van der Waals surface area contributed by atoms with Crippen LogP contribution in [0, 0.1) is 11.7 Å². The number of hydrogen-bond donors (Lipinski definition) is 2. The SMILES string of the molecule is CC(Nc1ccn2ncc(-c3cn[nH]c3)c2n1)c1cc(F)ccc1CCC1CC1. The van der Waals surface area contributed by atoms with E-state index in [1.54, 1.807) is 29.0 Å². The molecule has 0 radical (unpaired) electrons. The smallest absolute Gasteiger partial charge is 0.165 e. The Morgan fingerprint density at radius 3 is 2.97 bits per heavy atom. The van der Waals surface area contributed by atoms with Gasteiger partial charge in [0.15, 0.2) is 5.65 Å². The minimum absolute atomic E-state index is 0.0600. The van der Waals surface area contributed by atoms with Crippen molar-refractivity contribution in [3.63, 3.8) is 0 Å². The number of rotatable bonds is 7. The van der Waals surface area contributed by atoms with Gasteiger partial charge in [-0.15, -0.1) is 0 Å². The molecule has 4 aromatic rings. The van der Waals surface area contributed by atoms with E-state index in [2.05, 4.69) is 27.5 Å². The third-order valence-corrected chi connectivity index (χ3v) is 5.64. The number of hydrogen-bond acceptors (Lipinski definition) is 4. The summed E-state index contributed by atoms with van der Waals surface area (Å²) in [6.45, 7) is 2.05. The first-order chi connectivity index (χ1) is 14.2. The summed E-state index contributed by atoms with van der Waals surface area (Å²) in [6, 6.07) is 6.96. The van der Waals surface area contributed by atoms with Crippen molar-refractivity contribution in [3.05, 3.63) is 66.0 Å². The summed E-state index contributed by atoms with van der Waals surface area (Å²) in [7, 11) is 0. The van der Waals surface area contributed by atoms with Crippen molar-refractivity contribution >= 4 is 11.5 Å². The predicted octanol–water partition coefficient (Wildman–Crippen LogP) is 4.77. The fourth-order valence-corrected chi connectivity index (χ4v) is 3.81. The van der Waals surface area contributed by atoms with Crippen molar-refractivity contribution in [2.45, 2.75) is 38.6 Å². The molecule has 7 heteroatoms. The highest BCUT2D eigenvalue weighted by molar-refractivity contribution is 5.76. The molecule has 0 saturated heterocycles. The molecular formula is C22H23FN6. The van der Waals surface area contributed by atoms with Crippen molar-refractivity contribution in [2.75, 3.05) is 5.32 Å². The molecule has 1 aliphatic carbocycles. The molecule has 6 nitrogen and oxygen atoms in total. The van der Waals surface area contributed by atoms with Crippen molar-refractivity contribution < 1.29 is 4.39 Å². The zero-order chi connectivity index (χ0) is 19.8. The van der Waals surface area contributed by atoms with Crippen LogP contribution in [0.4, 0.5) is 10.2 Å². The van der Waals surface area contributed by atoms with Crippen molar-refractivity contribution in [1.82, 2.24) is 24.8 Å². The molecule has 1 saturated carbocycles. The van der Waals surface area contributed by atoms with Gasteiger partial charge in [0.1, 0.15) is 11.6 Å². The Labute approximate surface area is 168 Å². The van der Waals surface area contributed by atoms with E-state index in [4.69, 9.17) is 4.98 Å². The highest BCUT2D eigenvalue weighted by Gasteiger charge is 2.22. The van der Waals surface area contributed by atoms with Crippen LogP contribution in [0.2, 0.25) is 0 Å². The molecule has 0 bridgehead atoms. The number of benzene rings is 1. The third kappa shape index (κ3) is 3.72. The predicted molar refractivity (Wildman–Crippen MR) is 110 cm³/mol. The van der Waals surface area contributed by atoms with E-state index in [1.807, 2.05) is 24.5 Å². The number of H-pyrrole nitrogens is 1. The number of aromatic nitrogens is 5. The van der Waals surface area contributed by atoms with Crippen LogP contribution >= 0.6 is 0 Å². The van der Waals surface area contributed by atoms with Crippen LogP contribution in [0.3, 0.4) is 0 Å². The summed E-state index contributed by atoms with van der Waals surface area (Å²) >= 11 is 0. The van der Waals surface area contributed by atoms with Crippen LogP contribution in [0.1, 0.15) is 43.4 Å². The van der Waals surface area contributed by atoms with Crippen LogP contribution in [0.25, 0.3) is 16.8 Å². The molecule has 1 unspecified atom stereocenters. The lowest BCUT2D eigenvalue weighted by atomic mass is 9.96. The Hall–Kier alpha value is -3.22. The number of nitrogens with zero attached hydrogens (tertiary/aromatic N) is 4. The van der Waals surface area contributed by atoms with Crippen molar-refractivity contribution in [2.24, 2.45) is 5.92 Å². The summed E-state index contributed by atoms with van der Waals surface area (Å²) in [5.41, 5.74) is 4.80. The van der Waals surface area contributed by atoms with Crippen molar-refractivity contribution in [1.29, 1.82) is 0 Å². The van der Waals surface area contributed by atoms with Gasteiger partial charge in [0.2, 0.25) is 0 Å². The zero-order valence-corrected chi connectivity index (χ0v) is 16.3. The van der Waals surface area contributed by atoms with Gasteiger partial charge in [0.05, 0.1) is 18.4 Å². The molecular weight excluding hydrogens is 367 g/mol. The second-order valence-electron chi connectivity index (χ2n) is 7.82. The Morgan fingerprint density at radius 2 is 2.17 bits per heavy atom. The van der Waals surface area contributed by atoms with Crippen LogP contribution in [-0.4, -0.2) is 24.8 Å². The summed E-state index contributed by atoms with van der Waals surface area (Å²) in [5.74, 6) is 1.38. The fraction of sp³-hybridized carbons (Fsp3) is 0.318. The number of aromatic amines is 1. The molecule has 3 heterocycles. The highest BCUT2D eigenvalue weighted by Crippen LogP contribution is 2.35. The van der Waals surface area contributed by atoms with Gasteiger partial charge in [-0.3, -0.25) is 5.10 Å². The molecule has 1 aliphatic rings. The van der Waals surface area contributed by atoms with Crippen LogP contribution in [-0.2, 0) is 6.42 Å². The van der Waals surface area contributed by atoms with Gasteiger partial charge >= 0.3 is 0 Å². The maximum absolute atomic E-state index is 14.0. The fourth-order valence-electron chi connectivity index (χ4n) is 3.81. The van der Waals surface area contributed by atoms with Gasteiger partial charge in [0.25, 0.3) is 0 Å². The third-order valence-electron chi connectivity index (χ3n) is 5.64. The van der Waals surface area contributed by atoms with Gasteiger partial charge in [-0.25, -0.2) is 13.9 Å². The minimum atomic E-state index is -0.203. The first-order valence-electron chi connectivity index (χ1n) is 10.1. The Morgan fingerprint density at radius 1 is 1.28 bits per heavy atom. The normalized spacial score (nSPS) is 15.0. The molecule has 2 N–H and O–H groups in total. The van der Waals surface area contributed by atoms with E-state index in [9.17, 15) is 4.39 Å². The number of anilines is 1. The van der Waals surface area contributed by atoms with E-state index in [0.717, 1.165) is 40.5 Å². The minimum Gasteiger partial charge on any atom is -0.363 e. The van der Waals surface area contributed by atoms with E-state index in [1.165, 1.54) is 24.8 Å². The monoisotopic (exact) mass is 390 g/mol. The average molecular weight is 390 g/mol.